The number of fused-ring (bicyclic) bond motifs is 30. The predicted octanol–water partition coefficient (Wildman–Crippen LogP) is 10.6. The maximum Gasteiger partial charge on any atom is 0.173 e. The number of para-hydroxylation sites is 4. The fraction of sp³-hybridized carbons (Fsp3) is 0.0800. The van der Waals surface area contributed by atoms with Gasteiger partial charge in [0.05, 0.1) is 52.9 Å². The Morgan fingerprint density at radius 1 is 0.393 bits per heavy atom. The van der Waals surface area contributed by atoms with E-state index in [1.165, 1.54) is 56.1 Å². The Morgan fingerprint density at radius 2 is 0.821 bits per heavy atom. The number of rotatable bonds is 0. The quantitative estimate of drug-likeness (QED) is 0.155. The smallest absolute Gasteiger partial charge is 0.173 e. The van der Waals surface area contributed by atoms with Gasteiger partial charge in [-0.3, -0.25) is 9.97 Å². The number of hydrogen-bond donors (Lipinski definition) is 0. The van der Waals surface area contributed by atoms with Gasteiger partial charge in [0.2, 0.25) is 0 Å². The molecule has 0 N–H and O–H groups in total. The lowest BCUT2D eigenvalue weighted by molar-refractivity contribution is 0.471. The summed E-state index contributed by atoms with van der Waals surface area (Å²) in [5.74, 6) is 0. The number of anilines is 6. The Hall–Kier alpha value is -7.18. The van der Waals surface area contributed by atoms with Crippen molar-refractivity contribution in [3.8, 4) is 22.5 Å². The lowest BCUT2D eigenvalue weighted by Crippen LogP contribution is -2.59. The fourth-order valence-corrected chi connectivity index (χ4v) is 10.9. The molecule has 6 heteroatoms. The molecule has 13 rings (SSSR count). The first-order valence-corrected chi connectivity index (χ1v) is 19.4. The van der Waals surface area contributed by atoms with Gasteiger partial charge in [-0.15, -0.1) is 0 Å². The molecular formula is C50H34N6. The number of pyridine rings is 2. The van der Waals surface area contributed by atoms with Crippen LogP contribution in [0.3, 0.4) is 0 Å². The molecule has 6 nitrogen and oxygen atoms in total. The molecule has 2 spiro atoms. The van der Waals surface area contributed by atoms with Crippen molar-refractivity contribution in [1.82, 2.24) is 9.97 Å². The molecule has 56 heavy (non-hydrogen) atoms. The monoisotopic (exact) mass is 718 g/mol. The molecular weight excluding hydrogens is 685 g/mol. The van der Waals surface area contributed by atoms with Gasteiger partial charge in [0.25, 0.3) is 0 Å². The molecule has 0 unspecified atom stereocenters. The zero-order valence-electron chi connectivity index (χ0n) is 30.4. The average molecular weight is 719 g/mol. The van der Waals surface area contributed by atoms with Gasteiger partial charge < -0.3 is 19.6 Å². The molecule has 0 amide bonds. The van der Waals surface area contributed by atoms with Crippen molar-refractivity contribution in [3.63, 3.8) is 0 Å². The first-order valence-electron chi connectivity index (χ1n) is 19.4. The maximum atomic E-state index is 5.06. The summed E-state index contributed by atoms with van der Waals surface area (Å²) in [5.41, 5.74) is 17.5. The molecule has 2 aliphatic carbocycles. The molecule has 3 aliphatic heterocycles. The minimum absolute atomic E-state index is 0.539. The van der Waals surface area contributed by atoms with Gasteiger partial charge in [-0.2, -0.15) is 0 Å². The Balaban J connectivity index is 1.17. The Morgan fingerprint density at radius 3 is 1.32 bits per heavy atom. The lowest BCUT2D eigenvalue weighted by atomic mass is 9.67. The molecule has 0 saturated carbocycles. The molecule has 5 heterocycles. The van der Waals surface area contributed by atoms with Crippen LogP contribution in [-0.2, 0) is 11.1 Å². The van der Waals surface area contributed by atoms with Gasteiger partial charge in [0, 0.05) is 34.9 Å². The third-order valence-electron chi connectivity index (χ3n) is 13.0. The topological polar surface area (TPSA) is 38.7 Å². The van der Waals surface area contributed by atoms with Crippen molar-refractivity contribution in [3.05, 3.63) is 216 Å². The van der Waals surface area contributed by atoms with Crippen LogP contribution in [0.1, 0.15) is 33.4 Å². The molecule has 8 aromatic rings. The highest BCUT2D eigenvalue weighted by Gasteiger charge is 2.58. The van der Waals surface area contributed by atoms with Gasteiger partial charge in [-0.25, -0.2) is 0 Å². The van der Waals surface area contributed by atoms with Crippen LogP contribution in [-0.4, -0.2) is 23.3 Å². The van der Waals surface area contributed by atoms with E-state index in [-0.39, 0.29) is 0 Å². The molecule has 264 valence electrons. The van der Waals surface area contributed by atoms with Gasteiger partial charge >= 0.3 is 0 Å². The highest BCUT2D eigenvalue weighted by Crippen LogP contribution is 2.61. The van der Waals surface area contributed by atoms with E-state index in [4.69, 9.17) is 9.97 Å². The average Bonchev–Trinajstić information content (AvgIpc) is 4.01. The predicted molar refractivity (Wildman–Crippen MR) is 224 cm³/mol. The summed E-state index contributed by atoms with van der Waals surface area (Å²) in [6.07, 6.45) is 3.81. The van der Waals surface area contributed by atoms with Crippen LogP contribution in [0.25, 0.3) is 22.5 Å². The second kappa shape index (κ2) is 10.7. The molecule has 0 atom stereocenters. The largest absolute Gasteiger partial charge is 0.321 e. The molecule has 0 fully saturated rings. The number of aromatic nitrogens is 2. The first-order chi connectivity index (χ1) is 27.8. The van der Waals surface area contributed by atoms with E-state index >= 15 is 0 Å². The summed E-state index contributed by atoms with van der Waals surface area (Å²) in [6.45, 7) is 1.24. The summed E-state index contributed by atoms with van der Waals surface area (Å²) < 4.78 is 0. The van der Waals surface area contributed by atoms with Crippen LogP contribution in [0, 0.1) is 0 Å². The number of benzene rings is 6. The van der Waals surface area contributed by atoms with Crippen LogP contribution in [0.5, 0.6) is 0 Å². The zero-order chi connectivity index (χ0) is 36.6. The lowest BCUT2D eigenvalue weighted by Gasteiger charge is -2.49. The second-order valence-corrected chi connectivity index (χ2v) is 15.4. The minimum Gasteiger partial charge on any atom is -0.321 e. The molecule has 6 aromatic carbocycles. The van der Waals surface area contributed by atoms with Crippen LogP contribution in [0.4, 0.5) is 34.1 Å². The van der Waals surface area contributed by atoms with Crippen molar-refractivity contribution >= 4 is 34.1 Å². The van der Waals surface area contributed by atoms with E-state index < -0.39 is 11.1 Å². The van der Waals surface area contributed by atoms with Crippen LogP contribution >= 0.6 is 0 Å². The molecule has 5 aliphatic rings. The maximum absolute atomic E-state index is 5.06. The summed E-state index contributed by atoms with van der Waals surface area (Å²) >= 11 is 0. The SMILES string of the molecule is c1cc2cc(c1)C1(c3cccc(c3)N3CN(c4ccccc43)C3(c4cccnc4-c4ncccc43)N3CN2c2ccccc23)c2ccccc2-c2ccccc21. The normalized spacial score (nSPS) is 16.6. The number of hydrogen-bond acceptors (Lipinski definition) is 6. The van der Waals surface area contributed by atoms with E-state index in [0.717, 1.165) is 33.9 Å². The van der Waals surface area contributed by atoms with Gasteiger partial charge in [-0.1, -0.05) is 109 Å². The molecule has 0 radical (unpaired) electrons. The van der Waals surface area contributed by atoms with E-state index in [1.54, 1.807) is 0 Å². The van der Waals surface area contributed by atoms with Crippen molar-refractivity contribution in [2.24, 2.45) is 0 Å². The number of nitrogens with zero attached hydrogens (tertiary/aromatic N) is 6. The third-order valence-corrected chi connectivity index (χ3v) is 13.0. The van der Waals surface area contributed by atoms with Gasteiger partial charge in [0.15, 0.2) is 5.66 Å². The van der Waals surface area contributed by atoms with E-state index in [1.807, 2.05) is 12.4 Å². The minimum atomic E-state index is -0.771. The fourth-order valence-electron chi connectivity index (χ4n) is 10.9. The van der Waals surface area contributed by atoms with Crippen LogP contribution < -0.4 is 19.6 Å². The third kappa shape index (κ3) is 3.53. The first kappa shape index (κ1) is 30.2. The van der Waals surface area contributed by atoms with E-state index in [0.29, 0.717) is 13.3 Å². The zero-order valence-corrected chi connectivity index (χ0v) is 30.4. The Bertz CT molecular complexity index is 2750. The standard InChI is InChI=1S/C50H34N6/c1-3-19-39-37(17-1)38-18-2-4-20-40(38)49(39)33-13-9-15-35(29-33)53-31-55(45-25-7-5-23-43(45)53)50(41-21-11-27-51-47(41)48-42(50)22-12-28-52-48)56-32-54(36-16-10-14-34(49)30-36)44-24-6-8-26-46(44)56/h1-30H,31-32H2. The van der Waals surface area contributed by atoms with Crippen molar-refractivity contribution in [2.75, 3.05) is 32.9 Å². The van der Waals surface area contributed by atoms with Crippen molar-refractivity contribution < 1.29 is 0 Å². The van der Waals surface area contributed by atoms with Crippen molar-refractivity contribution in [2.45, 2.75) is 11.1 Å². The molecule has 2 aromatic heterocycles. The van der Waals surface area contributed by atoms with Gasteiger partial charge in [0.1, 0.15) is 0 Å². The van der Waals surface area contributed by atoms with E-state index in [2.05, 4.69) is 189 Å². The highest BCUT2D eigenvalue weighted by molar-refractivity contribution is 5.94. The van der Waals surface area contributed by atoms with Crippen LogP contribution in [0.2, 0.25) is 0 Å². The summed E-state index contributed by atoms with van der Waals surface area (Å²) in [5, 5.41) is 0. The highest BCUT2D eigenvalue weighted by atomic mass is 15.5. The summed E-state index contributed by atoms with van der Waals surface area (Å²) in [7, 11) is 0. The van der Waals surface area contributed by atoms with E-state index in [9.17, 15) is 0 Å². The Kier molecular flexibility index (Phi) is 5.79. The summed E-state index contributed by atoms with van der Waals surface area (Å²) in [6, 6.07) is 63.2. The summed E-state index contributed by atoms with van der Waals surface area (Å²) in [4.78, 5) is 20.4. The van der Waals surface area contributed by atoms with Gasteiger partial charge in [-0.05, 0) is 94.0 Å². The van der Waals surface area contributed by atoms with Crippen molar-refractivity contribution in [1.29, 1.82) is 0 Å². The second-order valence-electron chi connectivity index (χ2n) is 15.4. The molecule has 0 saturated heterocycles. The Labute approximate surface area is 325 Å². The molecule has 8 bridgehead atoms. The van der Waals surface area contributed by atoms with Crippen LogP contribution in [0.15, 0.2) is 182 Å².